The summed E-state index contributed by atoms with van der Waals surface area (Å²) < 4.78 is 2.19. The first kappa shape index (κ1) is 9.71. The van der Waals surface area contributed by atoms with Crippen molar-refractivity contribution in [2.75, 3.05) is 0 Å². The second-order valence-electron chi connectivity index (χ2n) is 4.39. The largest absolute Gasteiger partial charge is 0.333 e. The molecule has 0 radical (unpaired) electrons. The van der Waals surface area contributed by atoms with Gasteiger partial charge in [0.2, 0.25) is 0 Å². The van der Waals surface area contributed by atoms with E-state index in [9.17, 15) is 0 Å². The molecule has 2 rings (SSSR count). The molecule has 0 saturated heterocycles. The molecule has 1 aliphatic rings. The SMILES string of the molecule is CC(N)c1cncn1CCCC1CC1. The molecule has 1 aromatic rings. The molecule has 1 aliphatic carbocycles. The van der Waals surface area contributed by atoms with Crippen LogP contribution in [0.4, 0.5) is 0 Å². The molecule has 1 fully saturated rings. The molecule has 14 heavy (non-hydrogen) atoms. The highest BCUT2D eigenvalue weighted by Gasteiger charge is 2.20. The molecule has 1 atom stereocenters. The molecular formula is C11H19N3. The van der Waals surface area contributed by atoms with Gasteiger partial charge in [-0.2, -0.15) is 0 Å². The van der Waals surface area contributed by atoms with Crippen LogP contribution in [0.2, 0.25) is 0 Å². The van der Waals surface area contributed by atoms with Gasteiger partial charge in [-0.25, -0.2) is 4.98 Å². The Morgan fingerprint density at radius 2 is 2.43 bits per heavy atom. The molecule has 1 saturated carbocycles. The van der Waals surface area contributed by atoms with Gasteiger partial charge in [-0.1, -0.05) is 12.8 Å². The molecule has 1 aromatic heterocycles. The van der Waals surface area contributed by atoms with E-state index in [4.69, 9.17) is 5.73 Å². The molecular weight excluding hydrogens is 174 g/mol. The van der Waals surface area contributed by atoms with E-state index in [1.165, 1.54) is 25.7 Å². The number of hydrogen-bond acceptors (Lipinski definition) is 2. The van der Waals surface area contributed by atoms with E-state index in [0.717, 1.165) is 18.2 Å². The van der Waals surface area contributed by atoms with Crippen molar-refractivity contribution < 1.29 is 0 Å². The Bertz CT molecular complexity index is 286. The quantitative estimate of drug-likeness (QED) is 0.778. The number of nitrogens with two attached hydrogens (primary N) is 1. The normalized spacial score (nSPS) is 18.4. The topological polar surface area (TPSA) is 43.8 Å². The molecule has 0 amide bonds. The van der Waals surface area contributed by atoms with E-state index in [0.29, 0.717) is 0 Å². The number of rotatable bonds is 5. The van der Waals surface area contributed by atoms with E-state index >= 15 is 0 Å². The smallest absolute Gasteiger partial charge is 0.0948 e. The molecule has 1 unspecified atom stereocenters. The second kappa shape index (κ2) is 4.13. The molecule has 1 heterocycles. The zero-order chi connectivity index (χ0) is 9.97. The highest BCUT2D eigenvalue weighted by molar-refractivity contribution is 5.02. The summed E-state index contributed by atoms with van der Waals surface area (Å²) in [6.45, 7) is 3.09. The first-order valence-electron chi connectivity index (χ1n) is 5.53. The first-order valence-corrected chi connectivity index (χ1v) is 5.53. The maximum atomic E-state index is 5.84. The van der Waals surface area contributed by atoms with E-state index in [2.05, 4.69) is 9.55 Å². The zero-order valence-electron chi connectivity index (χ0n) is 8.82. The third-order valence-electron chi connectivity index (χ3n) is 2.92. The van der Waals surface area contributed by atoms with Crippen LogP contribution in [0.5, 0.6) is 0 Å². The minimum absolute atomic E-state index is 0.0958. The molecule has 3 nitrogen and oxygen atoms in total. The van der Waals surface area contributed by atoms with Crippen molar-refractivity contribution in [2.24, 2.45) is 11.7 Å². The van der Waals surface area contributed by atoms with Crippen LogP contribution in [0.25, 0.3) is 0 Å². The number of nitrogens with zero attached hydrogens (tertiary/aromatic N) is 2. The minimum Gasteiger partial charge on any atom is -0.333 e. The second-order valence-corrected chi connectivity index (χ2v) is 4.39. The van der Waals surface area contributed by atoms with Gasteiger partial charge in [0, 0.05) is 18.8 Å². The maximum Gasteiger partial charge on any atom is 0.0948 e. The highest BCUT2D eigenvalue weighted by atomic mass is 15.1. The predicted molar refractivity (Wildman–Crippen MR) is 56.8 cm³/mol. The summed E-state index contributed by atoms with van der Waals surface area (Å²) in [4.78, 5) is 4.14. The summed E-state index contributed by atoms with van der Waals surface area (Å²) in [5.74, 6) is 1.03. The lowest BCUT2D eigenvalue weighted by atomic mass is 10.2. The van der Waals surface area contributed by atoms with Crippen molar-refractivity contribution in [1.29, 1.82) is 0 Å². The van der Waals surface area contributed by atoms with Gasteiger partial charge in [-0.3, -0.25) is 0 Å². The van der Waals surface area contributed by atoms with Crippen LogP contribution in [0, 0.1) is 5.92 Å². The number of imidazole rings is 1. The summed E-state index contributed by atoms with van der Waals surface area (Å²) in [7, 11) is 0. The van der Waals surface area contributed by atoms with Gasteiger partial charge in [-0.15, -0.1) is 0 Å². The monoisotopic (exact) mass is 193 g/mol. The van der Waals surface area contributed by atoms with E-state index in [1.54, 1.807) is 0 Å². The van der Waals surface area contributed by atoms with E-state index < -0.39 is 0 Å². The Kier molecular flexibility index (Phi) is 2.87. The fraction of sp³-hybridized carbons (Fsp3) is 0.727. The lowest BCUT2D eigenvalue weighted by Crippen LogP contribution is -2.11. The van der Waals surface area contributed by atoms with Crippen molar-refractivity contribution >= 4 is 0 Å². The van der Waals surface area contributed by atoms with Crippen LogP contribution in [0.1, 0.15) is 44.3 Å². The van der Waals surface area contributed by atoms with Crippen LogP contribution in [-0.4, -0.2) is 9.55 Å². The van der Waals surface area contributed by atoms with Gasteiger partial charge in [0.25, 0.3) is 0 Å². The van der Waals surface area contributed by atoms with Crippen molar-refractivity contribution in [3.8, 4) is 0 Å². The van der Waals surface area contributed by atoms with Crippen molar-refractivity contribution in [3.63, 3.8) is 0 Å². The van der Waals surface area contributed by atoms with Gasteiger partial charge in [0.15, 0.2) is 0 Å². The molecule has 0 aliphatic heterocycles. The zero-order valence-corrected chi connectivity index (χ0v) is 8.82. The third-order valence-corrected chi connectivity index (χ3v) is 2.92. The van der Waals surface area contributed by atoms with Crippen molar-refractivity contribution in [2.45, 2.75) is 45.2 Å². The molecule has 0 bridgehead atoms. The molecule has 2 N–H and O–H groups in total. The van der Waals surface area contributed by atoms with Crippen LogP contribution in [0.15, 0.2) is 12.5 Å². The average Bonchev–Trinajstić information content (AvgIpc) is 2.82. The number of aromatic nitrogens is 2. The van der Waals surface area contributed by atoms with Gasteiger partial charge in [0.05, 0.1) is 12.0 Å². The molecule has 0 spiro atoms. The van der Waals surface area contributed by atoms with E-state index in [1.807, 2.05) is 19.4 Å². The Balaban J connectivity index is 1.84. The Morgan fingerprint density at radius 1 is 1.64 bits per heavy atom. The number of hydrogen-bond donors (Lipinski definition) is 1. The van der Waals surface area contributed by atoms with Gasteiger partial charge < -0.3 is 10.3 Å². The lowest BCUT2D eigenvalue weighted by Gasteiger charge is -2.10. The molecule has 0 aromatic carbocycles. The molecule has 78 valence electrons. The van der Waals surface area contributed by atoms with Crippen LogP contribution in [0.3, 0.4) is 0 Å². The van der Waals surface area contributed by atoms with Gasteiger partial charge in [-0.05, 0) is 25.7 Å². The first-order chi connectivity index (χ1) is 6.77. The predicted octanol–water partition coefficient (Wildman–Crippen LogP) is 2.09. The van der Waals surface area contributed by atoms with Crippen LogP contribution in [-0.2, 0) is 6.54 Å². The van der Waals surface area contributed by atoms with Crippen LogP contribution < -0.4 is 5.73 Å². The number of aryl methyl sites for hydroxylation is 1. The summed E-state index contributed by atoms with van der Waals surface area (Å²) >= 11 is 0. The Labute approximate surface area is 85.3 Å². The summed E-state index contributed by atoms with van der Waals surface area (Å²) in [6, 6.07) is 0.0958. The summed E-state index contributed by atoms with van der Waals surface area (Å²) in [5.41, 5.74) is 7.00. The maximum absolute atomic E-state index is 5.84. The Hall–Kier alpha value is -0.830. The van der Waals surface area contributed by atoms with Crippen molar-refractivity contribution in [3.05, 3.63) is 18.2 Å². The minimum atomic E-state index is 0.0958. The molecule has 3 heteroatoms. The average molecular weight is 193 g/mol. The Morgan fingerprint density at radius 3 is 3.07 bits per heavy atom. The standard InChI is InChI=1S/C11H19N3/c1-9(12)11-7-13-8-14(11)6-2-3-10-4-5-10/h7-10H,2-6,12H2,1H3. The summed E-state index contributed by atoms with van der Waals surface area (Å²) in [5, 5.41) is 0. The summed E-state index contributed by atoms with van der Waals surface area (Å²) in [6.07, 6.45) is 9.30. The lowest BCUT2D eigenvalue weighted by molar-refractivity contribution is 0.550. The van der Waals surface area contributed by atoms with Gasteiger partial charge in [0.1, 0.15) is 0 Å². The third kappa shape index (κ3) is 2.35. The highest BCUT2D eigenvalue weighted by Crippen LogP contribution is 2.33. The fourth-order valence-corrected chi connectivity index (χ4v) is 1.85. The van der Waals surface area contributed by atoms with Crippen LogP contribution >= 0.6 is 0 Å². The van der Waals surface area contributed by atoms with E-state index in [-0.39, 0.29) is 6.04 Å². The fourth-order valence-electron chi connectivity index (χ4n) is 1.85. The van der Waals surface area contributed by atoms with Gasteiger partial charge >= 0.3 is 0 Å². The van der Waals surface area contributed by atoms with Crippen molar-refractivity contribution in [1.82, 2.24) is 9.55 Å².